The van der Waals surface area contributed by atoms with E-state index < -0.39 is 0 Å². The van der Waals surface area contributed by atoms with E-state index in [1.54, 1.807) is 18.3 Å². The van der Waals surface area contributed by atoms with Crippen molar-refractivity contribution < 1.29 is 4.84 Å². The molecule has 15 heavy (non-hydrogen) atoms. The Labute approximate surface area is 92.9 Å². The molecule has 80 valence electrons. The number of nitrogens with zero attached hydrogens (tertiary/aromatic N) is 2. The molecule has 5 heteroatoms. The fraction of sp³-hybridized carbons (Fsp3) is 0.200. The lowest BCUT2D eigenvalue weighted by Crippen LogP contribution is -2.25. The predicted octanol–water partition coefficient (Wildman–Crippen LogP) is 1.19. The molecule has 0 spiro atoms. The van der Waals surface area contributed by atoms with Crippen LogP contribution >= 0.6 is 12.4 Å². The first-order valence-electron chi connectivity index (χ1n) is 4.26. The number of halogens is 1. The highest BCUT2D eigenvalue weighted by molar-refractivity contribution is 5.85. The molecule has 2 aromatic heterocycles. The van der Waals surface area contributed by atoms with Gasteiger partial charge in [0.1, 0.15) is 12.6 Å². The van der Waals surface area contributed by atoms with Crippen molar-refractivity contribution in [3.8, 4) is 0 Å². The third-order valence-corrected chi connectivity index (χ3v) is 2.10. The lowest BCUT2D eigenvalue weighted by Gasteiger charge is -2.08. The first-order valence-corrected chi connectivity index (χ1v) is 4.26. The number of aryl methyl sites for hydroxylation is 1. The van der Waals surface area contributed by atoms with Crippen LogP contribution in [0.15, 0.2) is 29.2 Å². The molecule has 0 fully saturated rings. The molecule has 2 heterocycles. The second-order valence-corrected chi connectivity index (χ2v) is 3.01. The minimum absolute atomic E-state index is 0. The Morgan fingerprint density at radius 3 is 2.87 bits per heavy atom. The van der Waals surface area contributed by atoms with Crippen LogP contribution in [0, 0.1) is 6.92 Å². The number of aromatic nitrogens is 2. The molecule has 2 aromatic rings. The van der Waals surface area contributed by atoms with Crippen molar-refractivity contribution in [2.45, 2.75) is 6.92 Å². The standard InChI is InChI=1S/C10H10N2O2.ClH/c1-7-6-9(13)12(14-2)8-4-3-5-11-10(7)8;/h3-6H,1-2H3;1H. The molecule has 0 radical (unpaired) electrons. The van der Waals surface area contributed by atoms with E-state index >= 15 is 0 Å². The minimum Gasteiger partial charge on any atom is -0.413 e. The van der Waals surface area contributed by atoms with Crippen molar-refractivity contribution in [2.24, 2.45) is 0 Å². The van der Waals surface area contributed by atoms with Gasteiger partial charge < -0.3 is 4.84 Å². The molecule has 0 bridgehead atoms. The zero-order valence-electron chi connectivity index (χ0n) is 8.43. The second-order valence-electron chi connectivity index (χ2n) is 3.01. The van der Waals surface area contributed by atoms with Crippen molar-refractivity contribution >= 4 is 23.4 Å². The summed E-state index contributed by atoms with van der Waals surface area (Å²) in [4.78, 5) is 20.7. The average Bonchev–Trinajstić information content (AvgIpc) is 2.18. The highest BCUT2D eigenvalue weighted by atomic mass is 35.5. The fourth-order valence-electron chi connectivity index (χ4n) is 1.48. The first-order chi connectivity index (χ1) is 6.74. The maximum atomic E-state index is 11.5. The molecule has 0 N–H and O–H groups in total. The summed E-state index contributed by atoms with van der Waals surface area (Å²) in [5.74, 6) is 0. The molecular formula is C10H11ClN2O2. The van der Waals surface area contributed by atoms with Gasteiger partial charge in [0, 0.05) is 12.3 Å². The second kappa shape index (κ2) is 4.31. The monoisotopic (exact) mass is 226 g/mol. The summed E-state index contributed by atoms with van der Waals surface area (Å²) in [6.45, 7) is 1.86. The van der Waals surface area contributed by atoms with Crippen LogP contribution in [0.1, 0.15) is 5.56 Å². The molecule has 0 atom stereocenters. The number of rotatable bonds is 1. The van der Waals surface area contributed by atoms with Crippen LogP contribution in [-0.2, 0) is 0 Å². The van der Waals surface area contributed by atoms with Crippen LogP contribution in [0.4, 0.5) is 0 Å². The van der Waals surface area contributed by atoms with E-state index in [9.17, 15) is 4.79 Å². The molecule has 0 unspecified atom stereocenters. The van der Waals surface area contributed by atoms with Gasteiger partial charge in [0.05, 0.1) is 5.52 Å². The normalized spacial score (nSPS) is 9.73. The Hall–Kier alpha value is -1.55. The molecule has 0 aromatic carbocycles. The highest BCUT2D eigenvalue weighted by Crippen LogP contribution is 2.11. The average molecular weight is 227 g/mol. The number of pyridine rings is 2. The summed E-state index contributed by atoms with van der Waals surface area (Å²) in [5, 5.41) is 0. The summed E-state index contributed by atoms with van der Waals surface area (Å²) in [6.07, 6.45) is 1.69. The zero-order valence-corrected chi connectivity index (χ0v) is 9.25. The van der Waals surface area contributed by atoms with E-state index in [1.807, 2.05) is 6.92 Å². The van der Waals surface area contributed by atoms with Gasteiger partial charge in [-0.25, -0.2) is 0 Å². The van der Waals surface area contributed by atoms with Gasteiger partial charge in [-0.3, -0.25) is 9.78 Å². The Morgan fingerprint density at radius 1 is 1.47 bits per heavy atom. The molecule has 2 rings (SSSR count). The van der Waals surface area contributed by atoms with Gasteiger partial charge in [-0.15, -0.1) is 17.1 Å². The number of hydrogen-bond acceptors (Lipinski definition) is 3. The van der Waals surface area contributed by atoms with E-state index in [0.29, 0.717) is 5.52 Å². The maximum absolute atomic E-state index is 11.5. The van der Waals surface area contributed by atoms with Crippen LogP contribution in [0.25, 0.3) is 11.0 Å². The van der Waals surface area contributed by atoms with Crippen LogP contribution in [0.5, 0.6) is 0 Å². The van der Waals surface area contributed by atoms with Crippen molar-refractivity contribution in [1.29, 1.82) is 0 Å². The van der Waals surface area contributed by atoms with Crippen LogP contribution in [0.3, 0.4) is 0 Å². The summed E-state index contributed by atoms with van der Waals surface area (Å²) in [5.41, 5.74) is 2.17. The fourth-order valence-corrected chi connectivity index (χ4v) is 1.48. The third kappa shape index (κ3) is 1.80. The lowest BCUT2D eigenvalue weighted by atomic mass is 10.2. The Balaban J connectivity index is 0.00000112. The SMILES string of the molecule is COn1c(=O)cc(C)c2ncccc21.Cl. The summed E-state index contributed by atoms with van der Waals surface area (Å²) < 4.78 is 1.23. The molecule has 0 aliphatic heterocycles. The number of hydrogen-bond donors (Lipinski definition) is 0. The lowest BCUT2D eigenvalue weighted by molar-refractivity contribution is 0.169. The highest BCUT2D eigenvalue weighted by Gasteiger charge is 2.05. The maximum Gasteiger partial charge on any atom is 0.283 e. The van der Waals surface area contributed by atoms with Crippen molar-refractivity contribution in [3.63, 3.8) is 0 Å². The van der Waals surface area contributed by atoms with E-state index in [4.69, 9.17) is 4.84 Å². The first kappa shape index (κ1) is 11.5. The Bertz CT molecular complexity index is 536. The van der Waals surface area contributed by atoms with E-state index in [0.717, 1.165) is 11.1 Å². The Morgan fingerprint density at radius 2 is 2.20 bits per heavy atom. The van der Waals surface area contributed by atoms with Crippen molar-refractivity contribution in [3.05, 3.63) is 40.3 Å². The predicted molar refractivity (Wildman–Crippen MR) is 60.5 cm³/mol. The molecule has 0 saturated carbocycles. The van der Waals surface area contributed by atoms with E-state index in [-0.39, 0.29) is 18.0 Å². The van der Waals surface area contributed by atoms with Gasteiger partial charge in [0.2, 0.25) is 0 Å². The molecule has 0 saturated heterocycles. The zero-order chi connectivity index (χ0) is 10.1. The smallest absolute Gasteiger partial charge is 0.283 e. The van der Waals surface area contributed by atoms with Gasteiger partial charge in [-0.2, -0.15) is 0 Å². The molecule has 0 amide bonds. The van der Waals surface area contributed by atoms with Gasteiger partial charge in [-0.1, -0.05) is 0 Å². The third-order valence-electron chi connectivity index (χ3n) is 2.10. The van der Waals surface area contributed by atoms with Crippen LogP contribution in [0.2, 0.25) is 0 Å². The van der Waals surface area contributed by atoms with Gasteiger partial charge in [0.25, 0.3) is 5.56 Å². The summed E-state index contributed by atoms with van der Waals surface area (Å²) in [7, 11) is 1.46. The topological polar surface area (TPSA) is 44.1 Å². The van der Waals surface area contributed by atoms with Crippen LogP contribution < -0.4 is 10.4 Å². The van der Waals surface area contributed by atoms with E-state index in [1.165, 1.54) is 17.9 Å². The van der Waals surface area contributed by atoms with Crippen molar-refractivity contribution in [2.75, 3.05) is 7.11 Å². The minimum atomic E-state index is -0.175. The van der Waals surface area contributed by atoms with Gasteiger partial charge in [0.15, 0.2) is 0 Å². The number of fused-ring (bicyclic) bond motifs is 1. The Kier molecular flexibility index (Phi) is 3.31. The van der Waals surface area contributed by atoms with Gasteiger partial charge >= 0.3 is 0 Å². The van der Waals surface area contributed by atoms with E-state index in [2.05, 4.69) is 4.98 Å². The largest absolute Gasteiger partial charge is 0.413 e. The van der Waals surface area contributed by atoms with Crippen molar-refractivity contribution in [1.82, 2.24) is 9.71 Å². The van der Waals surface area contributed by atoms with Gasteiger partial charge in [-0.05, 0) is 24.6 Å². The quantitative estimate of drug-likeness (QED) is 0.734. The molecule has 0 aliphatic carbocycles. The summed E-state index contributed by atoms with van der Waals surface area (Å²) >= 11 is 0. The molecule has 4 nitrogen and oxygen atoms in total. The molecule has 0 aliphatic rings. The molecular weight excluding hydrogens is 216 g/mol. The summed E-state index contributed by atoms with van der Waals surface area (Å²) in [6, 6.07) is 5.09. The van der Waals surface area contributed by atoms with Crippen LogP contribution in [-0.4, -0.2) is 16.8 Å².